The molecule has 0 fully saturated rings. The molecule has 1 heterocycles. The second-order valence-corrected chi connectivity index (χ2v) is 3.45. The lowest BCUT2D eigenvalue weighted by atomic mass is 10.2. The van der Waals surface area contributed by atoms with E-state index < -0.39 is 17.7 Å². The van der Waals surface area contributed by atoms with Gasteiger partial charge in [-0.15, -0.1) is 0 Å². The molecule has 9 heteroatoms. The van der Waals surface area contributed by atoms with Crippen LogP contribution in [0.5, 0.6) is 0 Å². The van der Waals surface area contributed by atoms with Gasteiger partial charge >= 0.3 is 11.9 Å². The van der Waals surface area contributed by atoms with Gasteiger partial charge in [0.05, 0.1) is 45.9 Å². The molecule has 0 amide bonds. The summed E-state index contributed by atoms with van der Waals surface area (Å²) < 4.78 is 14.2. The molecule has 21 heavy (non-hydrogen) atoms. The molecule has 0 unspecified atom stereocenters. The van der Waals surface area contributed by atoms with Gasteiger partial charge in [0.1, 0.15) is 5.56 Å². The summed E-state index contributed by atoms with van der Waals surface area (Å²) in [6.07, 6.45) is 1.02. The maximum absolute atomic E-state index is 10.3. The van der Waals surface area contributed by atoms with Crippen molar-refractivity contribution in [3.8, 4) is 0 Å². The Kier molecular flexibility index (Phi) is 10.8. The molecule has 0 aliphatic heterocycles. The molecule has 0 saturated carbocycles. The fourth-order valence-electron chi connectivity index (χ4n) is 1.09. The van der Waals surface area contributed by atoms with Crippen LogP contribution in [0.15, 0.2) is 16.7 Å². The molecule has 0 bridgehead atoms. The molecule has 1 aromatic heterocycles. The minimum atomic E-state index is -1.38. The van der Waals surface area contributed by atoms with Gasteiger partial charge in [0.25, 0.3) is 0 Å². The van der Waals surface area contributed by atoms with Gasteiger partial charge in [-0.3, -0.25) is 0 Å². The number of hydrogen-bond donors (Lipinski definition) is 4. The lowest BCUT2D eigenvalue weighted by molar-refractivity contribution is 0.0222. The van der Waals surface area contributed by atoms with Gasteiger partial charge in [-0.1, -0.05) is 0 Å². The first kappa shape index (κ1) is 19.1. The first-order valence-electron chi connectivity index (χ1n) is 5.95. The average molecular weight is 306 g/mol. The maximum Gasteiger partial charge on any atom is 0.372 e. The minimum absolute atomic E-state index is 0.0417. The zero-order valence-electron chi connectivity index (χ0n) is 11.2. The van der Waals surface area contributed by atoms with Gasteiger partial charge < -0.3 is 34.3 Å². The number of ether oxygens (including phenoxy) is 2. The maximum atomic E-state index is 10.3. The second-order valence-electron chi connectivity index (χ2n) is 3.45. The normalized spacial score (nSPS) is 9.81. The van der Waals surface area contributed by atoms with Crippen LogP contribution in [0.1, 0.15) is 20.9 Å². The zero-order chi connectivity index (χ0) is 16.1. The number of carboxylic acid groups (broad SMARTS) is 2. The van der Waals surface area contributed by atoms with Crippen molar-refractivity contribution >= 4 is 11.9 Å². The molecule has 0 aliphatic rings. The van der Waals surface area contributed by atoms with Gasteiger partial charge in [-0.25, -0.2) is 9.59 Å². The molecule has 0 aromatic carbocycles. The topological polar surface area (TPSA) is 147 Å². The van der Waals surface area contributed by atoms with E-state index in [4.69, 9.17) is 29.9 Å². The first-order valence-corrected chi connectivity index (χ1v) is 5.95. The molecular weight excluding hydrogens is 288 g/mol. The van der Waals surface area contributed by atoms with Gasteiger partial charge in [-0.05, 0) is 6.07 Å². The predicted molar refractivity (Wildman–Crippen MR) is 68.4 cm³/mol. The summed E-state index contributed by atoms with van der Waals surface area (Å²) in [7, 11) is 0. The van der Waals surface area contributed by atoms with Crippen molar-refractivity contribution in [3.05, 3.63) is 23.7 Å². The number of carboxylic acids is 2. The van der Waals surface area contributed by atoms with E-state index in [2.05, 4.69) is 4.42 Å². The van der Waals surface area contributed by atoms with Crippen molar-refractivity contribution in [3.63, 3.8) is 0 Å². The van der Waals surface area contributed by atoms with Crippen molar-refractivity contribution in [1.82, 2.24) is 0 Å². The highest BCUT2D eigenvalue weighted by atomic mass is 16.5. The van der Waals surface area contributed by atoms with E-state index in [-0.39, 0.29) is 18.8 Å². The van der Waals surface area contributed by atoms with Crippen molar-refractivity contribution in [2.45, 2.75) is 0 Å². The van der Waals surface area contributed by atoms with Crippen molar-refractivity contribution in [2.75, 3.05) is 39.6 Å². The average Bonchev–Trinajstić information content (AvgIpc) is 2.93. The van der Waals surface area contributed by atoms with Crippen LogP contribution in [0.25, 0.3) is 0 Å². The van der Waals surface area contributed by atoms with Gasteiger partial charge in [0.15, 0.2) is 0 Å². The summed E-state index contributed by atoms with van der Waals surface area (Å²) in [5.41, 5.74) is -0.336. The number of carbonyl (C=O) groups is 2. The van der Waals surface area contributed by atoms with Crippen LogP contribution < -0.4 is 0 Å². The number of furan rings is 1. The molecule has 0 atom stereocenters. The number of aromatic carboxylic acids is 2. The van der Waals surface area contributed by atoms with Gasteiger partial charge in [0.2, 0.25) is 5.76 Å². The largest absolute Gasteiger partial charge is 0.478 e. The van der Waals surface area contributed by atoms with Crippen LogP contribution in [0.2, 0.25) is 0 Å². The molecule has 0 spiro atoms. The summed E-state index contributed by atoms with van der Waals surface area (Å²) in [6.45, 7) is 1.73. The van der Waals surface area contributed by atoms with E-state index >= 15 is 0 Å². The molecule has 1 aromatic rings. The standard InChI is InChI=1S/C6H4O5.C6H14O4/c7-5(8)3-1-2-11-4(3)6(9)10;7-1-3-9-5-6-10-4-2-8/h1-2H,(H,7,8)(H,9,10);7-8H,1-6H2. The van der Waals surface area contributed by atoms with Crippen LogP contribution in [-0.4, -0.2) is 72.0 Å². The summed E-state index contributed by atoms with van der Waals surface area (Å²) in [6, 6.07) is 1.09. The van der Waals surface area contributed by atoms with E-state index in [1.54, 1.807) is 0 Å². The SMILES string of the molecule is O=C(O)c1ccoc1C(=O)O.OCCOCCOCCO. The van der Waals surface area contributed by atoms with Crippen LogP contribution in [0.3, 0.4) is 0 Å². The van der Waals surface area contributed by atoms with Crippen LogP contribution in [0, 0.1) is 0 Å². The fraction of sp³-hybridized carbons (Fsp3) is 0.500. The molecule has 1 rings (SSSR count). The van der Waals surface area contributed by atoms with E-state index in [1.165, 1.54) is 0 Å². The van der Waals surface area contributed by atoms with E-state index in [0.717, 1.165) is 12.3 Å². The van der Waals surface area contributed by atoms with E-state index in [1.807, 2.05) is 0 Å². The zero-order valence-corrected chi connectivity index (χ0v) is 11.2. The Morgan fingerprint density at radius 3 is 1.81 bits per heavy atom. The predicted octanol–water partition coefficient (Wildman–Crippen LogP) is -0.320. The lowest BCUT2D eigenvalue weighted by Gasteiger charge is -2.01. The Hall–Kier alpha value is -1.94. The third-order valence-corrected chi connectivity index (χ3v) is 1.93. The second kappa shape index (κ2) is 11.9. The van der Waals surface area contributed by atoms with Crippen molar-refractivity contribution < 1.29 is 43.9 Å². The summed E-state index contributed by atoms with van der Waals surface area (Å²) >= 11 is 0. The fourth-order valence-corrected chi connectivity index (χ4v) is 1.09. The van der Waals surface area contributed by atoms with Crippen LogP contribution in [0.4, 0.5) is 0 Å². The molecule has 9 nitrogen and oxygen atoms in total. The highest BCUT2D eigenvalue weighted by Gasteiger charge is 2.18. The highest BCUT2D eigenvalue weighted by Crippen LogP contribution is 2.09. The Morgan fingerprint density at radius 1 is 0.952 bits per heavy atom. The monoisotopic (exact) mass is 306 g/mol. The summed E-state index contributed by atoms with van der Waals surface area (Å²) in [5, 5.41) is 33.3. The minimum Gasteiger partial charge on any atom is -0.478 e. The number of aliphatic hydroxyl groups excluding tert-OH is 2. The number of rotatable bonds is 9. The van der Waals surface area contributed by atoms with Crippen molar-refractivity contribution in [2.24, 2.45) is 0 Å². The lowest BCUT2D eigenvalue weighted by Crippen LogP contribution is -2.09. The van der Waals surface area contributed by atoms with E-state index in [0.29, 0.717) is 26.4 Å². The Labute approximate surface area is 120 Å². The highest BCUT2D eigenvalue weighted by molar-refractivity contribution is 5.99. The van der Waals surface area contributed by atoms with Gasteiger partial charge in [-0.2, -0.15) is 0 Å². The Bertz CT molecular complexity index is 376. The van der Waals surface area contributed by atoms with E-state index in [9.17, 15) is 9.59 Å². The van der Waals surface area contributed by atoms with Crippen LogP contribution in [-0.2, 0) is 9.47 Å². The third-order valence-electron chi connectivity index (χ3n) is 1.93. The smallest absolute Gasteiger partial charge is 0.372 e. The number of hydrogen-bond acceptors (Lipinski definition) is 7. The molecule has 4 N–H and O–H groups in total. The summed E-state index contributed by atoms with van der Waals surface area (Å²) in [5.74, 6) is -3.24. The van der Waals surface area contributed by atoms with Crippen LogP contribution >= 0.6 is 0 Å². The molecule has 120 valence electrons. The number of aliphatic hydroxyl groups is 2. The quantitative estimate of drug-likeness (QED) is 0.450. The Balaban J connectivity index is 0.000000384. The molecule has 0 saturated heterocycles. The van der Waals surface area contributed by atoms with Gasteiger partial charge in [0, 0.05) is 0 Å². The van der Waals surface area contributed by atoms with Crippen molar-refractivity contribution in [1.29, 1.82) is 0 Å². The summed E-state index contributed by atoms with van der Waals surface area (Å²) in [4.78, 5) is 20.5. The molecule has 0 aliphatic carbocycles. The molecular formula is C12H18O9. The molecule has 0 radical (unpaired) electrons. The first-order chi connectivity index (χ1) is 10.0. The Morgan fingerprint density at radius 2 is 1.48 bits per heavy atom. The third kappa shape index (κ3) is 8.76.